The molecule has 70 valence electrons. The maximum absolute atomic E-state index is 10.6. The van der Waals surface area contributed by atoms with Crippen LogP contribution in [0.5, 0.6) is 0 Å². The quantitative estimate of drug-likeness (QED) is 0.361. The molecule has 0 aromatic rings. The van der Waals surface area contributed by atoms with Gasteiger partial charge in [0, 0.05) is 0 Å². The molecule has 0 aromatic heterocycles. The molecule has 2 nitrogen and oxygen atoms in total. The van der Waals surface area contributed by atoms with Gasteiger partial charge in [0.05, 0.1) is 5.38 Å². The molecule has 6 atom stereocenters. The van der Waals surface area contributed by atoms with Crippen molar-refractivity contribution in [1.29, 1.82) is 0 Å². The van der Waals surface area contributed by atoms with Gasteiger partial charge in [-0.15, -0.1) is 11.6 Å². The van der Waals surface area contributed by atoms with E-state index in [0.717, 1.165) is 12.3 Å². The Kier molecular flexibility index (Phi) is 1.58. The smallest absolute Gasteiger partial charge is 0.112 e. The van der Waals surface area contributed by atoms with E-state index in [2.05, 4.69) is 17.3 Å². The zero-order chi connectivity index (χ0) is 9.00. The van der Waals surface area contributed by atoms with E-state index >= 15 is 0 Å². The number of fused-ring (bicyclic) bond motifs is 5. The van der Waals surface area contributed by atoms with Gasteiger partial charge in [-0.05, 0) is 36.5 Å². The summed E-state index contributed by atoms with van der Waals surface area (Å²) in [6.45, 7) is 0. The fourth-order valence-corrected chi connectivity index (χ4v) is 4.14. The number of allylic oxidation sites excluding steroid dienone is 2. The maximum atomic E-state index is 10.6. The third kappa shape index (κ3) is 0.850. The van der Waals surface area contributed by atoms with Crippen LogP contribution in [-0.4, -0.2) is 11.4 Å². The van der Waals surface area contributed by atoms with Crippen LogP contribution in [0.4, 0.5) is 0 Å². The normalized spacial score (nSPS) is 57.0. The highest BCUT2D eigenvalue weighted by molar-refractivity contribution is 6.21. The van der Waals surface area contributed by atoms with Crippen molar-refractivity contribution in [2.24, 2.45) is 28.8 Å². The fourth-order valence-electron chi connectivity index (χ4n) is 3.62. The first-order valence-electron chi connectivity index (χ1n) is 4.96. The van der Waals surface area contributed by atoms with Crippen LogP contribution in [0, 0.1) is 28.6 Å². The lowest BCUT2D eigenvalue weighted by atomic mass is 9.79. The lowest BCUT2D eigenvalue weighted by Crippen LogP contribution is -2.35. The van der Waals surface area contributed by atoms with Crippen molar-refractivity contribution in [2.45, 2.75) is 24.3 Å². The monoisotopic (exact) mass is 197 g/mol. The minimum atomic E-state index is -0.115. The lowest BCUT2D eigenvalue weighted by Gasteiger charge is -2.30. The first-order valence-corrected chi connectivity index (χ1v) is 5.40. The molecular formula is C10H12ClNO. The highest BCUT2D eigenvalue weighted by atomic mass is 35.5. The van der Waals surface area contributed by atoms with Crippen LogP contribution >= 0.6 is 11.6 Å². The molecule has 0 heterocycles. The number of nitroso groups, excluding NO2 is 1. The van der Waals surface area contributed by atoms with Gasteiger partial charge in [0.1, 0.15) is 6.04 Å². The van der Waals surface area contributed by atoms with E-state index in [1.807, 2.05) is 0 Å². The minimum absolute atomic E-state index is 0.0173. The van der Waals surface area contributed by atoms with Crippen molar-refractivity contribution in [3.8, 4) is 0 Å². The summed E-state index contributed by atoms with van der Waals surface area (Å²) in [7, 11) is 0. The molecular weight excluding hydrogens is 186 g/mol. The number of nitrogens with zero attached hydrogens (tertiary/aromatic N) is 1. The van der Waals surface area contributed by atoms with Crippen LogP contribution in [0.1, 0.15) is 12.8 Å². The Balaban J connectivity index is 1.94. The summed E-state index contributed by atoms with van der Waals surface area (Å²) >= 11 is 6.22. The second-order valence-corrected chi connectivity index (χ2v) is 5.01. The average molecular weight is 198 g/mol. The van der Waals surface area contributed by atoms with Crippen LogP contribution in [0.2, 0.25) is 0 Å². The molecule has 3 aliphatic carbocycles. The second kappa shape index (κ2) is 2.57. The minimum Gasteiger partial charge on any atom is -0.150 e. The van der Waals surface area contributed by atoms with Gasteiger partial charge in [0.25, 0.3) is 0 Å². The van der Waals surface area contributed by atoms with Crippen molar-refractivity contribution < 1.29 is 0 Å². The average Bonchev–Trinajstić information content (AvgIpc) is 2.71. The summed E-state index contributed by atoms with van der Waals surface area (Å²) in [6, 6.07) is -0.115. The van der Waals surface area contributed by atoms with E-state index < -0.39 is 0 Å². The molecule has 2 saturated carbocycles. The first-order chi connectivity index (χ1) is 6.33. The van der Waals surface area contributed by atoms with E-state index in [1.54, 1.807) is 0 Å². The molecule has 2 bridgehead atoms. The molecule has 0 aromatic carbocycles. The zero-order valence-electron chi connectivity index (χ0n) is 7.27. The van der Waals surface area contributed by atoms with Gasteiger partial charge in [-0.1, -0.05) is 17.3 Å². The molecule has 2 fully saturated rings. The summed E-state index contributed by atoms with van der Waals surface area (Å²) in [5.41, 5.74) is 0. The predicted octanol–water partition coefficient (Wildman–Crippen LogP) is 2.57. The molecule has 0 amide bonds. The number of hydrogen-bond acceptors (Lipinski definition) is 2. The maximum Gasteiger partial charge on any atom is 0.112 e. The third-order valence-corrected chi connectivity index (χ3v) is 4.73. The van der Waals surface area contributed by atoms with Gasteiger partial charge in [0.2, 0.25) is 0 Å². The molecule has 3 heteroatoms. The molecule has 13 heavy (non-hydrogen) atoms. The molecule has 0 saturated heterocycles. The first kappa shape index (κ1) is 7.98. The molecule has 0 unspecified atom stereocenters. The molecule has 0 radical (unpaired) electrons. The Morgan fingerprint density at radius 2 is 2.15 bits per heavy atom. The van der Waals surface area contributed by atoms with Gasteiger partial charge in [-0.25, -0.2) is 0 Å². The van der Waals surface area contributed by atoms with Crippen molar-refractivity contribution in [3.05, 3.63) is 17.1 Å². The van der Waals surface area contributed by atoms with Crippen LogP contribution < -0.4 is 0 Å². The van der Waals surface area contributed by atoms with E-state index in [0.29, 0.717) is 17.8 Å². The Morgan fingerprint density at radius 3 is 2.92 bits per heavy atom. The summed E-state index contributed by atoms with van der Waals surface area (Å²) < 4.78 is 0. The summed E-state index contributed by atoms with van der Waals surface area (Å²) in [4.78, 5) is 10.6. The van der Waals surface area contributed by atoms with Gasteiger partial charge < -0.3 is 0 Å². The Bertz CT molecular complexity index is 276. The standard InChI is InChI=1S/C10H12ClNO/c11-9-7-4-8(10(9)12-13)6-3-1-2-5(6)7/h1,3,5-10H,2,4H2/t5-,6-,7-,8-,9+,10-/m0/s1. The van der Waals surface area contributed by atoms with Crippen molar-refractivity contribution in [3.63, 3.8) is 0 Å². The van der Waals surface area contributed by atoms with Crippen molar-refractivity contribution in [1.82, 2.24) is 0 Å². The van der Waals surface area contributed by atoms with Crippen LogP contribution in [-0.2, 0) is 0 Å². The molecule has 0 N–H and O–H groups in total. The number of hydrogen-bond donors (Lipinski definition) is 0. The number of alkyl halides is 1. The van der Waals surface area contributed by atoms with Gasteiger partial charge >= 0.3 is 0 Å². The van der Waals surface area contributed by atoms with E-state index in [-0.39, 0.29) is 11.4 Å². The van der Waals surface area contributed by atoms with Gasteiger partial charge in [-0.2, -0.15) is 4.91 Å². The number of halogens is 1. The largest absolute Gasteiger partial charge is 0.150 e. The molecule has 0 spiro atoms. The van der Waals surface area contributed by atoms with Gasteiger partial charge in [0.15, 0.2) is 0 Å². The van der Waals surface area contributed by atoms with E-state index in [1.165, 1.54) is 6.42 Å². The second-order valence-electron chi connectivity index (χ2n) is 4.51. The van der Waals surface area contributed by atoms with E-state index in [4.69, 9.17) is 11.6 Å². The van der Waals surface area contributed by atoms with Crippen LogP contribution in [0.15, 0.2) is 17.3 Å². The molecule has 0 aliphatic heterocycles. The van der Waals surface area contributed by atoms with Crippen LogP contribution in [0.25, 0.3) is 0 Å². The number of rotatable bonds is 1. The Hall–Kier alpha value is -0.370. The highest BCUT2D eigenvalue weighted by Gasteiger charge is 2.58. The predicted molar refractivity (Wildman–Crippen MR) is 51.6 cm³/mol. The molecule has 3 rings (SSSR count). The van der Waals surface area contributed by atoms with Crippen molar-refractivity contribution in [2.75, 3.05) is 0 Å². The Morgan fingerprint density at radius 1 is 1.31 bits per heavy atom. The molecule has 3 aliphatic rings. The van der Waals surface area contributed by atoms with E-state index in [9.17, 15) is 4.91 Å². The SMILES string of the molecule is O=N[C@@H]1[C@H](Cl)[C@H]2C[C@H]1[C@H]1C=CC[C@@H]12. The zero-order valence-corrected chi connectivity index (χ0v) is 8.02. The summed E-state index contributed by atoms with van der Waals surface area (Å²) in [5, 5.41) is 3.21. The Labute approximate surface area is 82.3 Å². The fraction of sp³-hybridized carbons (Fsp3) is 0.800. The highest BCUT2D eigenvalue weighted by Crippen LogP contribution is 2.58. The third-order valence-electron chi connectivity index (χ3n) is 4.15. The lowest BCUT2D eigenvalue weighted by molar-refractivity contribution is 0.263. The topological polar surface area (TPSA) is 29.4 Å². The van der Waals surface area contributed by atoms with Gasteiger partial charge in [-0.3, -0.25) is 0 Å². The summed E-state index contributed by atoms with van der Waals surface area (Å²) in [5.74, 6) is 2.34. The van der Waals surface area contributed by atoms with Crippen molar-refractivity contribution >= 4 is 11.6 Å². The summed E-state index contributed by atoms with van der Waals surface area (Å²) in [6.07, 6.45) is 6.81. The van der Waals surface area contributed by atoms with Crippen LogP contribution in [0.3, 0.4) is 0 Å².